The molecule has 2 aromatic rings. The number of carbonyl (C=O) groups excluding carboxylic acids is 1. The molecule has 7 nitrogen and oxygen atoms in total. The molecule has 0 radical (unpaired) electrons. The second kappa shape index (κ2) is 8.26. The predicted molar refractivity (Wildman–Crippen MR) is 104 cm³/mol. The minimum absolute atomic E-state index is 0.0419. The SMILES string of the molecule is COc1ccccc1O[C@@H](C)C(=O)N(Cc1ccc(C)o1)[C@@H]1CCS(=O)(=O)C1. The van der Waals surface area contributed by atoms with E-state index in [2.05, 4.69) is 0 Å². The lowest BCUT2D eigenvalue weighted by Crippen LogP contribution is -2.46. The summed E-state index contributed by atoms with van der Waals surface area (Å²) in [6.45, 7) is 3.67. The number of amides is 1. The van der Waals surface area contributed by atoms with Gasteiger partial charge in [0.15, 0.2) is 27.4 Å². The van der Waals surface area contributed by atoms with Crippen LogP contribution in [0.2, 0.25) is 0 Å². The maximum absolute atomic E-state index is 13.2. The predicted octanol–water partition coefficient (Wildman–Crippen LogP) is 2.58. The molecule has 0 spiro atoms. The van der Waals surface area contributed by atoms with Crippen LogP contribution in [0.15, 0.2) is 40.8 Å². The largest absolute Gasteiger partial charge is 0.493 e. The van der Waals surface area contributed by atoms with E-state index in [4.69, 9.17) is 13.9 Å². The van der Waals surface area contributed by atoms with Gasteiger partial charge >= 0.3 is 0 Å². The first kappa shape index (κ1) is 20.3. The first-order valence-corrected chi connectivity index (χ1v) is 11.0. The van der Waals surface area contributed by atoms with Gasteiger partial charge in [-0.3, -0.25) is 4.79 Å². The lowest BCUT2D eigenvalue weighted by molar-refractivity contribution is -0.141. The van der Waals surface area contributed by atoms with Gasteiger partial charge < -0.3 is 18.8 Å². The van der Waals surface area contributed by atoms with Gasteiger partial charge in [-0.2, -0.15) is 0 Å². The molecule has 1 saturated heterocycles. The summed E-state index contributed by atoms with van der Waals surface area (Å²) in [5.41, 5.74) is 0. The molecule has 1 aromatic carbocycles. The molecule has 28 heavy (non-hydrogen) atoms. The number of nitrogens with zero attached hydrogens (tertiary/aromatic N) is 1. The van der Waals surface area contributed by atoms with Crippen molar-refractivity contribution in [1.82, 2.24) is 4.90 Å². The van der Waals surface area contributed by atoms with E-state index < -0.39 is 22.0 Å². The Kier molecular flexibility index (Phi) is 5.98. The Morgan fingerprint density at radius 1 is 1.25 bits per heavy atom. The summed E-state index contributed by atoms with van der Waals surface area (Å²) in [4.78, 5) is 14.7. The third-order valence-electron chi connectivity index (χ3n) is 4.78. The number of carbonyl (C=O) groups is 1. The quantitative estimate of drug-likeness (QED) is 0.701. The number of ether oxygens (including phenoxy) is 2. The molecule has 1 fully saturated rings. The van der Waals surface area contributed by atoms with Gasteiger partial charge in [0.1, 0.15) is 11.5 Å². The fraction of sp³-hybridized carbons (Fsp3) is 0.450. The van der Waals surface area contributed by atoms with Crippen LogP contribution >= 0.6 is 0 Å². The average Bonchev–Trinajstić information content (AvgIpc) is 3.24. The van der Waals surface area contributed by atoms with E-state index in [9.17, 15) is 13.2 Å². The number of hydrogen-bond donors (Lipinski definition) is 0. The zero-order valence-corrected chi connectivity index (χ0v) is 17.1. The molecule has 2 atom stereocenters. The molecule has 0 unspecified atom stereocenters. The first-order valence-electron chi connectivity index (χ1n) is 9.15. The van der Waals surface area contributed by atoms with Crippen LogP contribution in [0.4, 0.5) is 0 Å². The Hall–Kier alpha value is -2.48. The highest BCUT2D eigenvalue weighted by Gasteiger charge is 2.37. The van der Waals surface area contributed by atoms with E-state index >= 15 is 0 Å². The number of furan rings is 1. The third kappa shape index (κ3) is 4.67. The van der Waals surface area contributed by atoms with Crippen LogP contribution < -0.4 is 9.47 Å². The number of sulfone groups is 1. The Bertz CT molecular complexity index is 936. The number of para-hydroxylation sites is 2. The second-order valence-corrected chi connectivity index (χ2v) is 9.18. The Morgan fingerprint density at radius 3 is 2.54 bits per heavy atom. The van der Waals surface area contributed by atoms with Crippen LogP contribution in [0.3, 0.4) is 0 Å². The van der Waals surface area contributed by atoms with Gasteiger partial charge in [0.2, 0.25) is 0 Å². The lowest BCUT2D eigenvalue weighted by Gasteiger charge is -2.30. The monoisotopic (exact) mass is 407 g/mol. The van der Waals surface area contributed by atoms with Crippen molar-refractivity contribution in [3.63, 3.8) is 0 Å². The topological polar surface area (TPSA) is 86.1 Å². The minimum Gasteiger partial charge on any atom is -0.493 e. The highest BCUT2D eigenvalue weighted by molar-refractivity contribution is 7.91. The van der Waals surface area contributed by atoms with Crippen LogP contribution in [-0.4, -0.2) is 50.0 Å². The Labute approximate surface area is 165 Å². The van der Waals surface area contributed by atoms with Crippen molar-refractivity contribution in [2.24, 2.45) is 0 Å². The molecule has 0 N–H and O–H groups in total. The van der Waals surface area contributed by atoms with Gasteiger partial charge in [-0.15, -0.1) is 0 Å². The van der Waals surface area contributed by atoms with Gasteiger partial charge in [-0.05, 0) is 44.5 Å². The van der Waals surface area contributed by atoms with Crippen LogP contribution in [-0.2, 0) is 21.2 Å². The molecule has 1 amide bonds. The summed E-state index contributed by atoms with van der Waals surface area (Å²) in [5, 5.41) is 0. The molecule has 8 heteroatoms. The molecule has 1 aliphatic heterocycles. The number of rotatable bonds is 7. The fourth-order valence-corrected chi connectivity index (χ4v) is 5.07. The van der Waals surface area contributed by atoms with E-state index in [-0.39, 0.29) is 24.0 Å². The van der Waals surface area contributed by atoms with Gasteiger partial charge in [0.05, 0.1) is 25.2 Å². The smallest absolute Gasteiger partial charge is 0.264 e. The van der Waals surface area contributed by atoms with Crippen molar-refractivity contribution in [2.75, 3.05) is 18.6 Å². The molecule has 0 saturated carbocycles. The van der Waals surface area contributed by atoms with Crippen LogP contribution in [0.1, 0.15) is 24.9 Å². The van der Waals surface area contributed by atoms with Crippen molar-refractivity contribution in [2.45, 2.75) is 39.0 Å². The van der Waals surface area contributed by atoms with E-state index in [0.717, 1.165) is 5.76 Å². The number of benzene rings is 1. The van der Waals surface area contributed by atoms with E-state index in [0.29, 0.717) is 23.7 Å². The van der Waals surface area contributed by atoms with Crippen molar-refractivity contribution < 1.29 is 27.1 Å². The summed E-state index contributed by atoms with van der Waals surface area (Å²) in [5.74, 6) is 2.08. The molecular weight excluding hydrogens is 382 g/mol. The zero-order chi connectivity index (χ0) is 20.3. The summed E-state index contributed by atoms with van der Waals surface area (Å²) >= 11 is 0. The summed E-state index contributed by atoms with van der Waals surface area (Å²) < 4.78 is 40.6. The lowest BCUT2D eigenvalue weighted by atomic mass is 10.2. The van der Waals surface area contributed by atoms with Crippen molar-refractivity contribution in [3.8, 4) is 11.5 Å². The molecule has 0 aliphatic carbocycles. The molecule has 1 aromatic heterocycles. The van der Waals surface area contributed by atoms with E-state index in [1.165, 1.54) is 7.11 Å². The second-order valence-electron chi connectivity index (χ2n) is 6.95. The van der Waals surface area contributed by atoms with E-state index in [1.807, 2.05) is 19.1 Å². The van der Waals surface area contributed by atoms with Crippen molar-refractivity contribution in [1.29, 1.82) is 0 Å². The zero-order valence-electron chi connectivity index (χ0n) is 16.3. The fourth-order valence-electron chi connectivity index (χ4n) is 3.34. The number of aryl methyl sites for hydroxylation is 1. The van der Waals surface area contributed by atoms with Crippen LogP contribution in [0, 0.1) is 6.92 Å². The molecule has 152 valence electrons. The van der Waals surface area contributed by atoms with Crippen LogP contribution in [0.5, 0.6) is 11.5 Å². The van der Waals surface area contributed by atoms with Gasteiger partial charge in [0.25, 0.3) is 5.91 Å². The van der Waals surface area contributed by atoms with Crippen molar-refractivity contribution in [3.05, 3.63) is 47.9 Å². The summed E-state index contributed by atoms with van der Waals surface area (Å²) in [6.07, 6.45) is -0.398. The number of methoxy groups -OCH3 is 1. The first-order chi connectivity index (χ1) is 13.3. The molecular formula is C20H25NO6S. The van der Waals surface area contributed by atoms with E-state index in [1.54, 1.807) is 36.1 Å². The Balaban J connectivity index is 1.80. The van der Waals surface area contributed by atoms with Gasteiger partial charge in [-0.25, -0.2) is 8.42 Å². The van der Waals surface area contributed by atoms with Gasteiger partial charge in [0, 0.05) is 6.04 Å². The van der Waals surface area contributed by atoms with Gasteiger partial charge in [-0.1, -0.05) is 12.1 Å². The maximum atomic E-state index is 13.2. The minimum atomic E-state index is -3.14. The summed E-state index contributed by atoms with van der Waals surface area (Å²) in [7, 11) is -1.61. The van der Waals surface area contributed by atoms with Crippen molar-refractivity contribution >= 4 is 15.7 Å². The average molecular weight is 407 g/mol. The molecule has 1 aliphatic rings. The molecule has 2 heterocycles. The van der Waals surface area contributed by atoms with Crippen LogP contribution in [0.25, 0.3) is 0 Å². The highest BCUT2D eigenvalue weighted by atomic mass is 32.2. The normalized spacial score (nSPS) is 19.2. The Morgan fingerprint density at radius 2 is 1.96 bits per heavy atom. The maximum Gasteiger partial charge on any atom is 0.264 e. The standard InChI is InChI=1S/C20H25NO6S/c1-14-8-9-17(26-14)12-21(16-10-11-28(23,24)13-16)20(22)15(2)27-19-7-5-4-6-18(19)25-3/h4-9,15-16H,10-13H2,1-3H3/t15-,16+/m0/s1. The number of hydrogen-bond acceptors (Lipinski definition) is 6. The highest BCUT2D eigenvalue weighted by Crippen LogP contribution is 2.28. The summed E-state index contributed by atoms with van der Waals surface area (Å²) in [6, 6.07) is 10.3. The molecule has 3 rings (SSSR count). The third-order valence-corrected chi connectivity index (χ3v) is 6.53. The molecule has 0 bridgehead atoms.